The van der Waals surface area contributed by atoms with Crippen LogP contribution in [0.15, 0.2) is 37.1 Å². The van der Waals surface area contributed by atoms with E-state index in [2.05, 4.69) is 46.4 Å². The highest BCUT2D eigenvalue weighted by Crippen LogP contribution is 2.46. The SMILES string of the molecule is CO[C@@]1(C)C[C@H](C)O[C@@H](C2[C@H](C)C[C@](C)(OC)C[C@@H](C)C(=O)[C@H](C)[C@H]3N(CCCCn4cnc(-c5cccnc5)c4)C(=O)O[C@]3(C)[C@@H](I)OC(=O)[C@@H]2C)C1. The van der Waals surface area contributed by atoms with Crippen molar-refractivity contribution < 1.29 is 38.1 Å². The monoisotopic (exact) mass is 864 g/mol. The first-order chi connectivity index (χ1) is 25.4. The lowest BCUT2D eigenvalue weighted by Crippen LogP contribution is -2.57. The average molecular weight is 865 g/mol. The quantitative estimate of drug-likeness (QED) is 0.108. The fourth-order valence-corrected chi connectivity index (χ4v) is 10.4. The molecule has 12 nitrogen and oxygen atoms in total. The summed E-state index contributed by atoms with van der Waals surface area (Å²) in [6.07, 6.45) is 10.4. The number of amides is 1. The standard InChI is InChI=1S/C41H61IN4O8/c1-25-18-39(6,50-9)19-26(2)34(47)29(5)35-41(8,37(42)53-36(48)28(4)33(25)32-21-40(7,51-10)20-27(3)52-32)54-38(49)46(35)17-12-11-16-45-23-31(44-24-45)30-14-13-15-43-22-30/h13-15,22-29,32-33,35,37H,11-12,16-21H2,1-10H3/t25-,26-,27+,28-,29+,32-,33?,35-,37+,39+,40+,41+/m1/s1. The summed E-state index contributed by atoms with van der Waals surface area (Å²) in [6.45, 7) is 17.0. The zero-order chi connectivity index (χ0) is 39.6. The maximum atomic E-state index is 14.4. The third kappa shape index (κ3) is 9.15. The van der Waals surface area contributed by atoms with Gasteiger partial charge in [0.1, 0.15) is 5.78 Å². The number of ketones is 1. The first-order valence-corrected chi connectivity index (χ1v) is 20.7. The summed E-state index contributed by atoms with van der Waals surface area (Å²) in [5, 5.41) is 0. The molecule has 5 heterocycles. The lowest BCUT2D eigenvalue weighted by molar-refractivity contribution is -0.186. The van der Waals surface area contributed by atoms with E-state index in [1.807, 2.05) is 57.5 Å². The number of aryl methyl sites for hydroxylation is 1. The number of unbranched alkanes of at least 4 members (excludes halogenated alkanes) is 1. The number of imidazole rings is 1. The van der Waals surface area contributed by atoms with Gasteiger partial charge in [0, 0.05) is 82.1 Å². The molecule has 54 heavy (non-hydrogen) atoms. The van der Waals surface area contributed by atoms with Gasteiger partial charge >= 0.3 is 12.1 Å². The number of alkyl halides is 1. The highest BCUT2D eigenvalue weighted by molar-refractivity contribution is 14.1. The number of cyclic esters (lactones) is 1. The number of fused-ring (bicyclic) bond motifs is 1. The second-order valence-corrected chi connectivity index (χ2v) is 18.1. The van der Waals surface area contributed by atoms with E-state index in [1.165, 1.54) is 0 Å². The van der Waals surface area contributed by atoms with Crippen molar-refractivity contribution in [3.8, 4) is 11.3 Å². The van der Waals surface area contributed by atoms with E-state index in [0.29, 0.717) is 38.8 Å². The molecule has 0 N–H and O–H groups in total. The molecular formula is C41H61IN4O8. The van der Waals surface area contributed by atoms with Crippen LogP contribution in [0.4, 0.5) is 4.79 Å². The maximum Gasteiger partial charge on any atom is 0.410 e. The van der Waals surface area contributed by atoms with Crippen LogP contribution >= 0.6 is 22.6 Å². The highest BCUT2D eigenvalue weighted by Gasteiger charge is 2.60. The molecule has 3 saturated heterocycles. The van der Waals surface area contributed by atoms with Gasteiger partial charge in [0.15, 0.2) is 9.71 Å². The van der Waals surface area contributed by atoms with Crippen molar-refractivity contribution in [1.82, 2.24) is 19.4 Å². The number of Topliss-reactive ketones (excluding diaryl/α,β-unsaturated/α-hetero) is 1. The summed E-state index contributed by atoms with van der Waals surface area (Å²) in [6, 6.07) is 3.20. The van der Waals surface area contributed by atoms with Gasteiger partial charge < -0.3 is 33.2 Å². The fraction of sp³-hybridized carbons (Fsp3) is 0.732. The van der Waals surface area contributed by atoms with Crippen LogP contribution < -0.4 is 0 Å². The number of methoxy groups -OCH3 is 2. The Bertz CT molecular complexity index is 1610. The molecular weight excluding hydrogens is 803 g/mol. The molecule has 3 fully saturated rings. The van der Waals surface area contributed by atoms with Crippen LogP contribution in [0.1, 0.15) is 93.9 Å². The predicted octanol–water partition coefficient (Wildman–Crippen LogP) is 7.51. The highest BCUT2D eigenvalue weighted by atomic mass is 127. The summed E-state index contributed by atoms with van der Waals surface area (Å²) >= 11 is 2.08. The Morgan fingerprint density at radius 2 is 1.61 bits per heavy atom. The average Bonchev–Trinajstić information content (AvgIpc) is 3.70. The second-order valence-electron chi connectivity index (χ2n) is 16.9. The van der Waals surface area contributed by atoms with Gasteiger partial charge in [-0.3, -0.25) is 14.6 Å². The smallest absolute Gasteiger partial charge is 0.410 e. The van der Waals surface area contributed by atoms with Crippen molar-refractivity contribution in [3.05, 3.63) is 37.1 Å². The number of pyridine rings is 1. The Balaban J connectivity index is 1.40. The van der Waals surface area contributed by atoms with Crippen LogP contribution in [-0.2, 0) is 39.8 Å². The first kappa shape index (κ1) is 42.5. The summed E-state index contributed by atoms with van der Waals surface area (Å²) in [7, 11) is 3.42. The molecule has 3 aliphatic rings. The number of carbonyl (C=O) groups is 3. The zero-order valence-electron chi connectivity index (χ0n) is 33.7. The number of hydrogen-bond acceptors (Lipinski definition) is 10. The van der Waals surface area contributed by atoms with E-state index in [9.17, 15) is 14.4 Å². The number of ether oxygens (including phenoxy) is 5. The molecule has 5 rings (SSSR count). The molecule has 12 atom stereocenters. The largest absolute Gasteiger partial charge is 0.447 e. The van der Waals surface area contributed by atoms with Crippen LogP contribution in [0.5, 0.6) is 0 Å². The normalized spacial score (nSPS) is 38.4. The third-order valence-corrected chi connectivity index (χ3v) is 14.0. The second kappa shape index (κ2) is 17.3. The van der Waals surface area contributed by atoms with E-state index < -0.39 is 50.9 Å². The molecule has 13 heteroatoms. The minimum atomic E-state index is -1.29. The Hall–Kier alpha value is -2.62. The van der Waals surface area contributed by atoms with E-state index in [-0.39, 0.29) is 35.7 Å². The Kier molecular flexibility index (Phi) is 13.6. The van der Waals surface area contributed by atoms with Crippen molar-refractivity contribution in [2.45, 2.75) is 140 Å². The molecule has 1 unspecified atom stereocenters. The van der Waals surface area contributed by atoms with Gasteiger partial charge in [-0.05, 0) is 94.0 Å². The van der Waals surface area contributed by atoms with E-state index in [4.69, 9.17) is 23.7 Å². The van der Waals surface area contributed by atoms with Gasteiger partial charge in [0.05, 0.1) is 47.4 Å². The molecule has 0 radical (unpaired) electrons. The van der Waals surface area contributed by atoms with Gasteiger partial charge in [-0.15, -0.1) is 0 Å². The van der Waals surface area contributed by atoms with Crippen molar-refractivity contribution >= 4 is 40.4 Å². The minimum absolute atomic E-state index is 0.0176. The van der Waals surface area contributed by atoms with Crippen molar-refractivity contribution in [2.75, 3.05) is 20.8 Å². The summed E-state index contributed by atoms with van der Waals surface area (Å²) in [5.41, 5.74) is -0.555. The van der Waals surface area contributed by atoms with E-state index >= 15 is 0 Å². The van der Waals surface area contributed by atoms with Gasteiger partial charge in [-0.2, -0.15) is 0 Å². The number of carbonyl (C=O) groups excluding carboxylic acids is 3. The molecule has 0 spiro atoms. The number of nitrogens with zero attached hydrogens (tertiary/aromatic N) is 4. The molecule has 2 aromatic heterocycles. The lowest BCUT2D eigenvalue weighted by atomic mass is 9.69. The van der Waals surface area contributed by atoms with Crippen molar-refractivity contribution in [3.63, 3.8) is 0 Å². The number of hydrogen-bond donors (Lipinski definition) is 0. The van der Waals surface area contributed by atoms with Gasteiger partial charge in [0.25, 0.3) is 0 Å². The number of esters is 1. The number of rotatable bonds is 9. The van der Waals surface area contributed by atoms with Gasteiger partial charge in [-0.1, -0.05) is 27.7 Å². The Labute approximate surface area is 334 Å². The van der Waals surface area contributed by atoms with Gasteiger partial charge in [-0.25, -0.2) is 9.78 Å². The summed E-state index contributed by atoms with van der Waals surface area (Å²) in [5.74, 6) is -2.16. The van der Waals surface area contributed by atoms with Crippen LogP contribution in [0.2, 0.25) is 0 Å². The van der Waals surface area contributed by atoms with Crippen molar-refractivity contribution in [1.29, 1.82) is 0 Å². The predicted molar refractivity (Wildman–Crippen MR) is 213 cm³/mol. The lowest BCUT2D eigenvalue weighted by Gasteiger charge is -2.47. The summed E-state index contributed by atoms with van der Waals surface area (Å²) < 4.78 is 32.5. The maximum absolute atomic E-state index is 14.4. The Morgan fingerprint density at radius 1 is 0.926 bits per heavy atom. The number of aromatic nitrogens is 3. The molecule has 3 aliphatic heterocycles. The topological polar surface area (TPSA) is 131 Å². The van der Waals surface area contributed by atoms with Crippen molar-refractivity contribution in [2.24, 2.45) is 29.6 Å². The molecule has 0 bridgehead atoms. The van der Waals surface area contributed by atoms with Crippen LogP contribution in [0.25, 0.3) is 11.3 Å². The number of halogens is 1. The van der Waals surface area contributed by atoms with Crippen LogP contribution in [-0.4, -0.2) is 97.2 Å². The van der Waals surface area contributed by atoms with Crippen LogP contribution in [0.3, 0.4) is 0 Å². The zero-order valence-corrected chi connectivity index (χ0v) is 35.9. The molecule has 2 aromatic rings. The molecule has 1 amide bonds. The Morgan fingerprint density at radius 3 is 2.28 bits per heavy atom. The molecule has 0 aliphatic carbocycles. The summed E-state index contributed by atoms with van der Waals surface area (Å²) in [4.78, 5) is 52.9. The van der Waals surface area contributed by atoms with E-state index in [0.717, 1.165) is 24.1 Å². The minimum Gasteiger partial charge on any atom is -0.447 e. The van der Waals surface area contributed by atoms with Gasteiger partial charge in [0.2, 0.25) is 0 Å². The van der Waals surface area contributed by atoms with Crippen LogP contribution in [0, 0.1) is 29.6 Å². The first-order valence-electron chi connectivity index (χ1n) is 19.5. The van der Waals surface area contributed by atoms with E-state index in [1.54, 1.807) is 44.8 Å². The molecule has 300 valence electrons. The molecule has 0 saturated carbocycles. The third-order valence-electron chi connectivity index (χ3n) is 12.5. The fourth-order valence-electron chi connectivity index (χ4n) is 9.62. The molecule has 0 aromatic carbocycles.